The summed E-state index contributed by atoms with van der Waals surface area (Å²) < 4.78 is 0. The van der Waals surface area contributed by atoms with Gasteiger partial charge in [0.2, 0.25) is 5.91 Å². The van der Waals surface area contributed by atoms with Crippen molar-refractivity contribution < 1.29 is 29.4 Å². The van der Waals surface area contributed by atoms with Crippen molar-refractivity contribution in [1.82, 2.24) is 6.15 Å². The monoisotopic (exact) mass is 448 g/mol. The van der Waals surface area contributed by atoms with Crippen molar-refractivity contribution in [3.8, 4) is 0 Å². The molecule has 1 amide bonds. The first-order valence-corrected chi connectivity index (χ1v) is 9.46. The Labute approximate surface area is 187 Å². The number of amides is 1. The summed E-state index contributed by atoms with van der Waals surface area (Å²) in [5.74, 6) is -1.86. The van der Waals surface area contributed by atoms with E-state index in [9.17, 15) is 19.2 Å². The van der Waals surface area contributed by atoms with E-state index < -0.39 is 18.0 Å². The van der Waals surface area contributed by atoms with Crippen LogP contribution >= 0.6 is 0 Å². The van der Waals surface area contributed by atoms with E-state index in [0.29, 0.717) is 30.6 Å². The molecule has 2 rings (SSSR count). The highest BCUT2D eigenvalue weighted by Gasteiger charge is 2.08. The molecule has 0 aliphatic rings. The summed E-state index contributed by atoms with van der Waals surface area (Å²) in [7, 11) is 0. The number of benzene rings is 2. The van der Waals surface area contributed by atoms with Gasteiger partial charge in [0.15, 0.2) is 0 Å². The Morgan fingerprint density at radius 1 is 1.03 bits per heavy atom. The fraction of sp³-hybridized carbons (Fsp3) is 0.273. The molecule has 0 unspecified atom stereocenters. The van der Waals surface area contributed by atoms with Crippen molar-refractivity contribution >= 4 is 29.8 Å². The first kappa shape index (κ1) is 30.6. The minimum absolute atomic E-state index is 0. The molecule has 0 aliphatic heterocycles. The number of carboxylic acids is 2. The first-order chi connectivity index (χ1) is 14.7. The lowest BCUT2D eigenvalue weighted by molar-refractivity contribution is -0.139. The maximum absolute atomic E-state index is 10.6. The normalized spacial score (nSPS) is 9.97. The molecule has 10 heteroatoms. The number of carboxylic acid groups (broad SMARTS) is 2. The third-order valence-electron chi connectivity index (χ3n) is 3.60. The van der Waals surface area contributed by atoms with E-state index in [1.54, 1.807) is 36.4 Å². The number of nitrogens with two attached hydrogens (primary N) is 2. The average Bonchev–Trinajstić information content (AvgIpc) is 2.73. The molecule has 0 aliphatic carbocycles. The molecule has 0 saturated heterocycles. The highest BCUT2D eigenvalue weighted by Crippen LogP contribution is 2.07. The predicted molar refractivity (Wildman–Crippen MR) is 123 cm³/mol. The van der Waals surface area contributed by atoms with Crippen LogP contribution in [0.3, 0.4) is 0 Å². The van der Waals surface area contributed by atoms with Crippen molar-refractivity contribution in [2.24, 2.45) is 11.5 Å². The fourth-order valence-electron chi connectivity index (χ4n) is 2.08. The van der Waals surface area contributed by atoms with E-state index in [0.717, 1.165) is 11.8 Å². The van der Waals surface area contributed by atoms with Crippen molar-refractivity contribution in [3.05, 3.63) is 65.7 Å². The molecule has 0 aromatic heterocycles. The molecular formula is C22H32N4O6. The van der Waals surface area contributed by atoms with Gasteiger partial charge in [-0.3, -0.25) is 19.2 Å². The summed E-state index contributed by atoms with van der Waals surface area (Å²) in [5.41, 5.74) is 12.4. The second-order valence-electron chi connectivity index (χ2n) is 6.35. The quantitative estimate of drug-likeness (QED) is 0.326. The van der Waals surface area contributed by atoms with Crippen LogP contribution in [0.15, 0.2) is 54.6 Å². The Hall–Kier alpha value is -3.60. The van der Waals surface area contributed by atoms with Gasteiger partial charge in [-0.2, -0.15) is 0 Å². The Morgan fingerprint density at radius 3 is 2.00 bits per heavy atom. The molecule has 2 aromatic carbocycles. The number of aliphatic carboxylic acids is 2. The van der Waals surface area contributed by atoms with E-state index in [4.69, 9.17) is 21.7 Å². The number of hydrogen-bond acceptors (Lipinski definition) is 7. The highest BCUT2D eigenvalue weighted by atomic mass is 16.4. The van der Waals surface area contributed by atoms with Gasteiger partial charge in [-0.1, -0.05) is 30.3 Å². The maximum atomic E-state index is 10.6. The summed E-state index contributed by atoms with van der Waals surface area (Å²) in [4.78, 5) is 41.0. The third-order valence-corrected chi connectivity index (χ3v) is 3.60. The number of rotatable bonds is 8. The van der Waals surface area contributed by atoms with Crippen LogP contribution < -0.4 is 22.9 Å². The number of aldehydes is 1. The van der Waals surface area contributed by atoms with Crippen molar-refractivity contribution in [2.45, 2.75) is 32.2 Å². The molecule has 0 spiro atoms. The molecular weight excluding hydrogens is 416 g/mol. The van der Waals surface area contributed by atoms with Gasteiger partial charge in [0.05, 0.1) is 6.42 Å². The molecule has 0 fully saturated rings. The molecule has 176 valence electrons. The van der Waals surface area contributed by atoms with Crippen LogP contribution in [0, 0.1) is 0 Å². The van der Waals surface area contributed by atoms with Crippen molar-refractivity contribution in [2.75, 3.05) is 11.9 Å². The van der Waals surface area contributed by atoms with Crippen LogP contribution in [-0.4, -0.2) is 46.9 Å². The van der Waals surface area contributed by atoms with Gasteiger partial charge in [-0.05, 0) is 49.2 Å². The fourth-order valence-corrected chi connectivity index (χ4v) is 2.08. The van der Waals surface area contributed by atoms with Gasteiger partial charge >= 0.3 is 11.9 Å². The second kappa shape index (κ2) is 18.2. The molecule has 0 heterocycles. The molecule has 0 saturated carbocycles. The highest BCUT2D eigenvalue weighted by molar-refractivity contribution is 5.89. The molecule has 32 heavy (non-hydrogen) atoms. The summed E-state index contributed by atoms with van der Waals surface area (Å²) in [5, 5.41) is 19.2. The van der Waals surface area contributed by atoms with Crippen LogP contribution in [0.1, 0.15) is 35.7 Å². The molecule has 10 N–H and O–H groups in total. The Balaban J connectivity index is 0. The number of anilines is 1. The standard InChI is InChI=1S/C9H9NO2.C8H8O2.C5H12N2O2.H3N/c1-7(12)10-9-4-2-8(6-11)3-5-9;9-8(10)6-7-4-2-1-3-5-7;6-3-1-2-4(7)5(8)9;/h2-6H,1H3,(H,10,12);1-5H,6H2,(H,9,10);4H,1-3,6-7H2,(H,8,9);1H3/t;;4-;/m..0./s1. The summed E-state index contributed by atoms with van der Waals surface area (Å²) >= 11 is 0. The summed E-state index contributed by atoms with van der Waals surface area (Å²) in [6.45, 7) is 1.94. The minimum atomic E-state index is -0.955. The Bertz CT molecular complexity index is 813. The maximum Gasteiger partial charge on any atom is 0.320 e. The lowest BCUT2D eigenvalue weighted by Crippen LogP contribution is -2.30. The zero-order chi connectivity index (χ0) is 23.6. The first-order valence-electron chi connectivity index (χ1n) is 9.46. The van der Waals surface area contributed by atoms with E-state index in [2.05, 4.69) is 5.32 Å². The SMILES string of the molecule is CC(=O)Nc1ccc(C=O)cc1.N.NCCC[C@H](N)C(=O)O.O=C(O)Cc1ccccc1. The smallest absolute Gasteiger partial charge is 0.320 e. The lowest BCUT2D eigenvalue weighted by atomic mass is 10.2. The van der Waals surface area contributed by atoms with E-state index in [1.165, 1.54) is 6.92 Å². The van der Waals surface area contributed by atoms with Crippen LogP contribution in [-0.2, 0) is 20.8 Å². The lowest BCUT2D eigenvalue weighted by Gasteiger charge is -2.02. The van der Waals surface area contributed by atoms with Crippen LogP contribution in [0.25, 0.3) is 0 Å². The van der Waals surface area contributed by atoms with E-state index in [-0.39, 0.29) is 18.5 Å². The van der Waals surface area contributed by atoms with Crippen LogP contribution in [0.4, 0.5) is 5.69 Å². The molecule has 10 nitrogen and oxygen atoms in total. The topological polar surface area (TPSA) is 208 Å². The van der Waals surface area contributed by atoms with Gasteiger partial charge in [0.1, 0.15) is 12.3 Å². The third kappa shape index (κ3) is 16.2. The largest absolute Gasteiger partial charge is 0.481 e. The van der Waals surface area contributed by atoms with Gasteiger partial charge < -0.3 is 33.1 Å². The minimum Gasteiger partial charge on any atom is -0.481 e. The van der Waals surface area contributed by atoms with Gasteiger partial charge in [0.25, 0.3) is 0 Å². The van der Waals surface area contributed by atoms with Gasteiger partial charge in [0, 0.05) is 18.2 Å². The number of carbonyl (C=O) groups is 4. The van der Waals surface area contributed by atoms with Gasteiger partial charge in [-0.15, -0.1) is 0 Å². The predicted octanol–water partition coefficient (Wildman–Crippen LogP) is 2.07. The molecule has 0 radical (unpaired) electrons. The molecule has 0 bridgehead atoms. The average molecular weight is 449 g/mol. The zero-order valence-electron chi connectivity index (χ0n) is 18.1. The van der Waals surface area contributed by atoms with Crippen LogP contribution in [0.5, 0.6) is 0 Å². The zero-order valence-corrected chi connectivity index (χ0v) is 18.1. The van der Waals surface area contributed by atoms with E-state index in [1.807, 2.05) is 18.2 Å². The number of nitrogens with one attached hydrogen (secondary N) is 1. The van der Waals surface area contributed by atoms with E-state index >= 15 is 0 Å². The van der Waals surface area contributed by atoms with Crippen molar-refractivity contribution in [1.29, 1.82) is 0 Å². The number of hydrogen-bond donors (Lipinski definition) is 6. The second-order valence-corrected chi connectivity index (χ2v) is 6.35. The Kier molecular flexibility index (Phi) is 17.4. The van der Waals surface area contributed by atoms with Gasteiger partial charge in [-0.25, -0.2) is 0 Å². The summed E-state index contributed by atoms with van der Waals surface area (Å²) in [6, 6.07) is 15.1. The van der Waals surface area contributed by atoms with Crippen molar-refractivity contribution in [3.63, 3.8) is 0 Å². The van der Waals surface area contributed by atoms with Crippen LogP contribution in [0.2, 0.25) is 0 Å². The Morgan fingerprint density at radius 2 is 1.59 bits per heavy atom. The summed E-state index contributed by atoms with van der Waals surface area (Å²) in [6.07, 6.45) is 2.01. The molecule has 2 aromatic rings. The number of carbonyl (C=O) groups excluding carboxylic acids is 2. The molecule has 1 atom stereocenters.